The third-order valence-corrected chi connectivity index (χ3v) is 20.3. The first-order valence-corrected chi connectivity index (χ1v) is 39.3. The molecule has 9 N–H and O–H groups in total. The van der Waals surface area contributed by atoms with Crippen LogP contribution in [0.3, 0.4) is 0 Å². The number of alkyl halides is 2. The number of ether oxygens (including phenoxy) is 2. The number of hydrogen-bond acceptors (Lipinski definition) is 20. The van der Waals surface area contributed by atoms with Crippen LogP contribution in [0.5, 0.6) is 0 Å². The fraction of sp³-hybridized carbons (Fsp3) is 0.662. The molecule has 0 bridgehead atoms. The molecule has 3 aromatic rings. The predicted molar refractivity (Wildman–Crippen MR) is 403 cm³/mol. The van der Waals surface area contributed by atoms with Crippen LogP contribution in [0.4, 0.5) is 8.78 Å². The fourth-order valence-corrected chi connectivity index (χ4v) is 14.1. The number of benzene rings is 2. The lowest BCUT2D eigenvalue weighted by atomic mass is 9.99. The lowest BCUT2D eigenvalue weighted by Crippen LogP contribution is -2.52. The highest BCUT2D eigenvalue weighted by Crippen LogP contribution is 2.35. The quantitative estimate of drug-likeness (QED) is 0.0365. The van der Waals surface area contributed by atoms with E-state index in [9.17, 15) is 82.1 Å². The molecule has 4 atom stereocenters. The van der Waals surface area contributed by atoms with Gasteiger partial charge in [-0.3, -0.25) is 72.3 Å². The highest BCUT2D eigenvalue weighted by Gasteiger charge is 2.50. The number of aliphatic carboxylic acids is 3. The Morgan fingerprint density at radius 2 is 1.21 bits per heavy atom. The van der Waals surface area contributed by atoms with Crippen LogP contribution < -0.4 is 31.9 Å². The van der Waals surface area contributed by atoms with E-state index in [-0.39, 0.29) is 180 Å². The van der Waals surface area contributed by atoms with E-state index < -0.39 is 84.5 Å². The first kappa shape index (κ1) is 89.1. The molecule has 0 saturated carbocycles. The lowest BCUT2D eigenvalue weighted by Gasteiger charge is -2.33. The molecule has 4 aliphatic heterocycles. The second-order valence-electron chi connectivity index (χ2n) is 29.2. The Balaban J connectivity index is 0.774. The van der Waals surface area contributed by atoms with Gasteiger partial charge in [0.25, 0.3) is 11.8 Å². The van der Waals surface area contributed by atoms with E-state index in [1.54, 1.807) is 65.7 Å². The van der Waals surface area contributed by atoms with Crippen LogP contribution >= 0.6 is 0 Å². The Morgan fingerprint density at radius 3 is 1.81 bits per heavy atom. The fourth-order valence-electron chi connectivity index (χ4n) is 14.1. The molecule has 8 amide bonds. The molecule has 4 aliphatic rings. The highest BCUT2D eigenvalue weighted by atomic mass is 19.3. The number of carbonyl (C=O) groups is 11. The second kappa shape index (κ2) is 47.9. The Morgan fingerprint density at radius 1 is 0.640 bits per heavy atom. The van der Waals surface area contributed by atoms with Crippen molar-refractivity contribution in [2.75, 3.05) is 138 Å². The minimum atomic E-state index is -3.21. The number of likely N-dealkylation sites (tertiary alicyclic amines) is 1. The number of unbranched alkanes of at least 4 members (excludes halogenated alkanes) is 13. The maximum Gasteiger partial charge on any atom is 0.317 e. The molecule has 32 nitrogen and oxygen atoms in total. The third-order valence-electron chi connectivity index (χ3n) is 20.3. The molecule has 612 valence electrons. The summed E-state index contributed by atoms with van der Waals surface area (Å²) in [5, 5.41) is 63.7. The topological polar surface area (TPSA) is 413 Å². The Kier molecular flexibility index (Phi) is 38.5. The van der Waals surface area contributed by atoms with Crippen molar-refractivity contribution >= 4 is 65.2 Å². The third kappa shape index (κ3) is 32.6. The number of nitriles is 1. The van der Waals surface area contributed by atoms with Gasteiger partial charge in [-0.25, -0.2) is 13.5 Å². The van der Waals surface area contributed by atoms with Crippen LogP contribution in [0.1, 0.15) is 169 Å². The van der Waals surface area contributed by atoms with Gasteiger partial charge in [-0.15, -0.1) is 5.10 Å². The van der Waals surface area contributed by atoms with E-state index in [0.717, 1.165) is 40.9 Å². The van der Waals surface area contributed by atoms with Gasteiger partial charge in [0.05, 0.1) is 78.0 Å². The zero-order chi connectivity index (χ0) is 79.9. The van der Waals surface area contributed by atoms with E-state index in [4.69, 9.17) is 9.47 Å². The number of rotatable bonds is 48. The van der Waals surface area contributed by atoms with E-state index in [0.29, 0.717) is 55.7 Å². The Labute approximate surface area is 647 Å². The molecule has 3 fully saturated rings. The SMILES string of the molecule is CCCCCCCCCCCCCCCC(=O)NCCCCC(NC(=O)CN1CCN(CC(=O)O)CCN(CC(=O)O)CCN(CC(=O)O)CC1)C(=O)NCCOCCOCCC(=O)NCCNC(=O)c1ccc(-c2cn(Cc3cccc4c3CN(C(=O)C[C@@H]3C[C@@H](C(=O)N5CC(F)(F)C[C@H]5C#N)NC3=O)C4)nn2)cc1. The van der Waals surface area contributed by atoms with E-state index >= 15 is 0 Å². The monoisotopic (exact) mass is 1560 g/mol. The average molecular weight is 1560 g/mol. The molecular weight excluding hydrogens is 1440 g/mol. The average Bonchev–Trinajstić information content (AvgIpc) is 1.65. The van der Waals surface area contributed by atoms with Crippen molar-refractivity contribution < 1.29 is 86.3 Å². The second-order valence-corrected chi connectivity index (χ2v) is 29.2. The van der Waals surface area contributed by atoms with Gasteiger partial charge in [-0.1, -0.05) is 120 Å². The minimum absolute atomic E-state index is 0.0298. The number of hydrogen-bond donors (Lipinski definition) is 9. The summed E-state index contributed by atoms with van der Waals surface area (Å²) in [7, 11) is 0. The van der Waals surface area contributed by atoms with Crippen LogP contribution in [-0.2, 0) is 77.1 Å². The zero-order valence-corrected chi connectivity index (χ0v) is 64.1. The van der Waals surface area contributed by atoms with Gasteiger partial charge < -0.3 is 66.5 Å². The summed E-state index contributed by atoms with van der Waals surface area (Å²) in [5.41, 5.74) is 4.37. The molecule has 0 spiro atoms. The summed E-state index contributed by atoms with van der Waals surface area (Å²) in [6.07, 6.45) is 18.2. The number of amides is 8. The Bertz CT molecular complexity index is 3530. The molecule has 3 saturated heterocycles. The van der Waals surface area contributed by atoms with Crippen molar-refractivity contribution in [3.63, 3.8) is 0 Å². The van der Waals surface area contributed by atoms with Crippen LogP contribution in [0.15, 0.2) is 48.7 Å². The van der Waals surface area contributed by atoms with Crippen LogP contribution in [0.2, 0.25) is 0 Å². The Hall–Kier alpha value is -9.14. The summed E-state index contributed by atoms with van der Waals surface area (Å²) in [6.45, 7) is 4.02. The summed E-state index contributed by atoms with van der Waals surface area (Å²) < 4.78 is 41.1. The number of carboxylic acids is 3. The first-order chi connectivity index (χ1) is 53.4. The number of carboxylic acid groups (broad SMARTS) is 3. The molecular formula is C77H114F2N16O16. The normalized spacial score (nSPS) is 18.0. The number of aromatic nitrogens is 3. The van der Waals surface area contributed by atoms with Crippen molar-refractivity contribution in [2.24, 2.45) is 5.92 Å². The molecule has 1 aromatic heterocycles. The van der Waals surface area contributed by atoms with Gasteiger partial charge in [0.2, 0.25) is 41.4 Å². The molecule has 7 rings (SSSR count). The van der Waals surface area contributed by atoms with Gasteiger partial charge in [0.1, 0.15) is 23.8 Å². The van der Waals surface area contributed by atoms with Crippen LogP contribution in [-0.4, -0.2) is 287 Å². The maximum atomic E-state index is 14.1. The van der Waals surface area contributed by atoms with Gasteiger partial charge >= 0.3 is 17.9 Å². The molecule has 2 aromatic carbocycles. The first-order valence-electron chi connectivity index (χ1n) is 39.3. The summed E-state index contributed by atoms with van der Waals surface area (Å²) in [5.74, 6) is -10.5. The predicted octanol–water partition coefficient (Wildman–Crippen LogP) is 3.60. The lowest BCUT2D eigenvalue weighted by molar-refractivity contribution is -0.140. The zero-order valence-electron chi connectivity index (χ0n) is 64.1. The summed E-state index contributed by atoms with van der Waals surface area (Å²) >= 11 is 0. The van der Waals surface area contributed by atoms with Gasteiger partial charge in [-0.05, 0) is 60.9 Å². The molecule has 111 heavy (non-hydrogen) atoms. The summed E-state index contributed by atoms with van der Waals surface area (Å²) in [6, 6.07) is 10.9. The van der Waals surface area contributed by atoms with Gasteiger partial charge in [0, 0.05) is 134 Å². The molecule has 34 heteroatoms. The van der Waals surface area contributed by atoms with Gasteiger partial charge in [-0.2, -0.15) is 5.26 Å². The number of halogens is 2. The van der Waals surface area contributed by atoms with Crippen molar-refractivity contribution in [3.8, 4) is 17.3 Å². The molecule has 0 radical (unpaired) electrons. The molecule has 1 unspecified atom stereocenters. The number of nitrogens with one attached hydrogen (secondary N) is 6. The largest absolute Gasteiger partial charge is 0.480 e. The van der Waals surface area contributed by atoms with Crippen molar-refractivity contribution in [3.05, 3.63) is 70.9 Å². The van der Waals surface area contributed by atoms with Crippen molar-refractivity contribution in [1.29, 1.82) is 5.26 Å². The smallest absolute Gasteiger partial charge is 0.317 e. The van der Waals surface area contributed by atoms with Crippen molar-refractivity contribution in [2.45, 2.75) is 185 Å². The van der Waals surface area contributed by atoms with Gasteiger partial charge in [0.15, 0.2) is 0 Å². The van der Waals surface area contributed by atoms with Crippen molar-refractivity contribution in [1.82, 2.24) is 76.3 Å². The maximum absolute atomic E-state index is 14.1. The van der Waals surface area contributed by atoms with E-state index in [1.807, 2.05) is 18.2 Å². The van der Waals surface area contributed by atoms with Crippen LogP contribution in [0, 0.1) is 17.2 Å². The van der Waals surface area contributed by atoms with E-state index in [2.05, 4.69) is 49.1 Å². The van der Waals surface area contributed by atoms with E-state index in [1.165, 1.54) is 64.2 Å². The van der Waals surface area contributed by atoms with Crippen LogP contribution in [0.25, 0.3) is 11.3 Å². The molecule has 0 aliphatic carbocycles. The number of carbonyl (C=O) groups excluding carboxylic acids is 8. The highest BCUT2D eigenvalue weighted by molar-refractivity contribution is 5.95. The minimum Gasteiger partial charge on any atom is -0.480 e. The molecule has 5 heterocycles. The number of nitrogens with zero attached hydrogens (tertiary/aromatic N) is 10. The summed E-state index contributed by atoms with van der Waals surface area (Å²) in [4.78, 5) is 150. The number of fused-ring (bicyclic) bond motifs is 1. The standard InChI is InChI=1S/C77H114F2N16O16/c1-2-3-4-5-6-7-8-9-10-11-12-13-14-21-66(96)81-27-16-15-20-63(85-68(98)51-89-31-33-90(52-70(100)101)35-37-92(54-72(104)105)38-36-91(34-32-89)53-71(102)103)75(108)84-30-40-111-42-41-110-39-26-67(97)82-28-29-83-73(106)57-24-22-56(23-25-57)65-50-94(88-87-65)48-59-19-17-18-58-47-93(49-62(58)59)69(99)44-60-43-64(86-74(60)107)76(109)95-55-77(78,79)45-61(95)46-80/h17-19,22-25,50,60-61,63-64H,2-16,20-21,26-45,47-49,51-55H2,1H3,(H,81,96)(H,82,97)(H,83,106)(H,84,108)(H,85,98)(H,86,107)(H,100,101)(H,102,103)(H,104,105)/t60-,61-,63?,64-/m0/s1.